The van der Waals surface area contributed by atoms with Gasteiger partial charge in [-0.1, -0.05) is 71.3 Å². The van der Waals surface area contributed by atoms with Crippen molar-refractivity contribution in [3.63, 3.8) is 0 Å². The molecule has 0 aliphatic rings. The van der Waals surface area contributed by atoms with Gasteiger partial charge < -0.3 is 9.90 Å². The lowest BCUT2D eigenvalue weighted by molar-refractivity contribution is -0.312. The number of unbranched alkanes of at least 4 members (excludes halogenated alkanes) is 6. The highest BCUT2D eigenvalue weighted by molar-refractivity contribution is 5.67. The van der Waals surface area contributed by atoms with E-state index in [4.69, 9.17) is 0 Å². The van der Waals surface area contributed by atoms with Gasteiger partial charge in [-0.2, -0.15) is 0 Å². The fourth-order valence-corrected chi connectivity index (χ4v) is 2.93. The summed E-state index contributed by atoms with van der Waals surface area (Å²) in [6.45, 7) is 8.08. The molecule has 0 aromatic heterocycles. The Bertz CT molecular complexity index is 260. The zero-order chi connectivity index (χ0) is 15.9. The summed E-state index contributed by atoms with van der Waals surface area (Å²) >= 11 is 0. The summed E-state index contributed by atoms with van der Waals surface area (Å²) in [6.07, 6.45) is 15.2. The van der Waals surface area contributed by atoms with Crippen LogP contribution in [0.1, 0.15) is 90.9 Å². The lowest BCUT2D eigenvalue weighted by Crippen LogP contribution is -2.32. The molecule has 2 atom stereocenters. The molecule has 0 rings (SSSR count). The fourth-order valence-electron chi connectivity index (χ4n) is 2.93. The Hall–Kier alpha value is -0.790. The van der Waals surface area contributed by atoms with Gasteiger partial charge in [-0.25, -0.2) is 0 Å². The predicted molar refractivity (Wildman–Crippen MR) is 88.9 cm³/mol. The minimum atomic E-state index is -0.836. The molecule has 0 bridgehead atoms. The Morgan fingerprint density at radius 1 is 1.05 bits per heavy atom. The maximum Gasteiger partial charge on any atom is 0.0445 e. The van der Waals surface area contributed by atoms with E-state index in [1.54, 1.807) is 0 Å². The van der Waals surface area contributed by atoms with E-state index >= 15 is 0 Å². The molecule has 0 N–H and O–H groups in total. The largest absolute Gasteiger partial charge is 0.550 e. The molecule has 0 aliphatic carbocycles. The van der Waals surface area contributed by atoms with Gasteiger partial charge in [0, 0.05) is 5.97 Å². The number of carboxylic acid groups (broad SMARTS) is 1. The zero-order valence-corrected chi connectivity index (χ0v) is 14.2. The van der Waals surface area contributed by atoms with Crippen molar-refractivity contribution in [3.8, 4) is 0 Å². The molecule has 0 aromatic rings. The van der Waals surface area contributed by atoms with Crippen LogP contribution < -0.4 is 5.11 Å². The van der Waals surface area contributed by atoms with Gasteiger partial charge in [0.2, 0.25) is 0 Å². The van der Waals surface area contributed by atoms with Crippen molar-refractivity contribution in [2.24, 2.45) is 11.8 Å². The predicted octanol–water partition coefficient (Wildman–Crippen LogP) is 4.88. The Kier molecular flexibility index (Phi) is 13.6. The summed E-state index contributed by atoms with van der Waals surface area (Å²) in [7, 11) is 0. The van der Waals surface area contributed by atoms with Crippen molar-refractivity contribution < 1.29 is 9.90 Å². The van der Waals surface area contributed by atoms with Crippen molar-refractivity contribution in [2.45, 2.75) is 90.9 Å². The molecule has 0 amide bonds. The molecule has 0 aromatic carbocycles. The van der Waals surface area contributed by atoms with E-state index in [1.807, 2.05) is 6.08 Å². The molecule has 0 saturated heterocycles. The third-order valence-electron chi connectivity index (χ3n) is 4.46. The summed E-state index contributed by atoms with van der Waals surface area (Å²) in [4.78, 5) is 11.3. The van der Waals surface area contributed by atoms with Crippen LogP contribution in [0, 0.1) is 11.8 Å². The molecule has 0 heterocycles. The Balaban J connectivity index is 3.90. The SMILES string of the molecule is C=CCCCCCCCC(CC(CC)CCCC)C(=O)[O-]. The summed E-state index contributed by atoms with van der Waals surface area (Å²) < 4.78 is 0. The van der Waals surface area contributed by atoms with E-state index in [-0.39, 0.29) is 5.92 Å². The molecule has 21 heavy (non-hydrogen) atoms. The first-order valence-corrected chi connectivity index (χ1v) is 8.97. The smallest absolute Gasteiger partial charge is 0.0445 e. The zero-order valence-electron chi connectivity index (χ0n) is 14.2. The molecule has 0 spiro atoms. The van der Waals surface area contributed by atoms with Crippen LogP contribution in [0.5, 0.6) is 0 Å². The van der Waals surface area contributed by atoms with Crippen molar-refractivity contribution in [1.29, 1.82) is 0 Å². The standard InChI is InChI=1S/C19H36O2/c1-4-7-9-10-11-12-13-15-18(19(20)21)16-17(6-3)14-8-5-2/h4,17-18H,1,5-16H2,2-3H3,(H,20,21)/p-1. The molecule has 2 heteroatoms. The second-order valence-corrected chi connectivity index (χ2v) is 6.30. The first-order valence-electron chi connectivity index (χ1n) is 8.97. The van der Waals surface area contributed by atoms with Crippen LogP contribution in [-0.2, 0) is 4.79 Å². The third kappa shape index (κ3) is 11.5. The van der Waals surface area contributed by atoms with Crippen LogP contribution in [0.15, 0.2) is 12.7 Å². The summed E-state index contributed by atoms with van der Waals surface area (Å²) in [5.74, 6) is -0.517. The summed E-state index contributed by atoms with van der Waals surface area (Å²) in [6, 6.07) is 0. The van der Waals surface area contributed by atoms with Gasteiger partial charge in [-0.3, -0.25) is 0 Å². The Morgan fingerprint density at radius 2 is 1.71 bits per heavy atom. The molecular formula is C19H35O2-. The van der Waals surface area contributed by atoms with Gasteiger partial charge in [0.05, 0.1) is 0 Å². The quantitative estimate of drug-likeness (QED) is 0.319. The van der Waals surface area contributed by atoms with E-state index in [9.17, 15) is 9.90 Å². The molecule has 124 valence electrons. The summed E-state index contributed by atoms with van der Waals surface area (Å²) in [5, 5.41) is 11.3. The number of carbonyl (C=O) groups excluding carboxylic acids is 1. The van der Waals surface area contributed by atoms with Crippen molar-refractivity contribution in [3.05, 3.63) is 12.7 Å². The molecular weight excluding hydrogens is 260 g/mol. The second-order valence-electron chi connectivity index (χ2n) is 6.30. The minimum Gasteiger partial charge on any atom is -0.550 e. The van der Waals surface area contributed by atoms with Gasteiger partial charge in [-0.05, 0) is 37.5 Å². The average Bonchev–Trinajstić information content (AvgIpc) is 2.48. The Labute approximate surface area is 132 Å². The van der Waals surface area contributed by atoms with E-state index in [0.29, 0.717) is 5.92 Å². The lowest BCUT2D eigenvalue weighted by atomic mass is 9.86. The van der Waals surface area contributed by atoms with Crippen LogP contribution in [0.3, 0.4) is 0 Å². The molecule has 2 nitrogen and oxygen atoms in total. The van der Waals surface area contributed by atoms with Gasteiger partial charge in [0.1, 0.15) is 0 Å². The third-order valence-corrected chi connectivity index (χ3v) is 4.46. The maximum absolute atomic E-state index is 11.3. The van der Waals surface area contributed by atoms with E-state index < -0.39 is 5.97 Å². The number of rotatable bonds is 15. The van der Waals surface area contributed by atoms with Crippen LogP contribution in [0.2, 0.25) is 0 Å². The molecule has 2 unspecified atom stereocenters. The fraction of sp³-hybridized carbons (Fsp3) is 0.842. The number of carboxylic acids is 1. The lowest BCUT2D eigenvalue weighted by Gasteiger charge is -2.23. The minimum absolute atomic E-state index is 0.236. The van der Waals surface area contributed by atoms with Crippen LogP contribution in [0.4, 0.5) is 0 Å². The highest BCUT2D eigenvalue weighted by atomic mass is 16.4. The van der Waals surface area contributed by atoms with Gasteiger partial charge in [0.25, 0.3) is 0 Å². The first kappa shape index (κ1) is 20.2. The second kappa shape index (κ2) is 14.2. The Morgan fingerprint density at radius 3 is 2.29 bits per heavy atom. The average molecular weight is 295 g/mol. The number of aliphatic carboxylic acids is 1. The molecule has 0 saturated carbocycles. The molecule has 0 radical (unpaired) electrons. The normalized spacial score (nSPS) is 13.8. The van der Waals surface area contributed by atoms with Gasteiger partial charge in [0.15, 0.2) is 0 Å². The number of carbonyl (C=O) groups is 1. The maximum atomic E-state index is 11.3. The van der Waals surface area contributed by atoms with Crippen molar-refractivity contribution >= 4 is 5.97 Å². The topological polar surface area (TPSA) is 40.1 Å². The number of allylic oxidation sites excluding steroid dienone is 1. The monoisotopic (exact) mass is 295 g/mol. The van der Waals surface area contributed by atoms with Gasteiger partial charge in [-0.15, -0.1) is 6.58 Å². The van der Waals surface area contributed by atoms with Crippen LogP contribution in [-0.4, -0.2) is 5.97 Å². The van der Waals surface area contributed by atoms with Crippen LogP contribution >= 0.6 is 0 Å². The molecule has 0 fully saturated rings. The highest BCUT2D eigenvalue weighted by Crippen LogP contribution is 2.25. The van der Waals surface area contributed by atoms with Crippen LogP contribution in [0.25, 0.3) is 0 Å². The van der Waals surface area contributed by atoms with E-state index in [0.717, 1.165) is 38.5 Å². The number of hydrogen-bond acceptors (Lipinski definition) is 2. The molecule has 0 aliphatic heterocycles. The van der Waals surface area contributed by atoms with E-state index in [1.165, 1.54) is 38.5 Å². The van der Waals surface area contributed by atoms with Gasteiger partial charge >= 0.3 is 0 Å². The first-order chi connectivity index (χ1) is 10.2. The number of hydrogen-bond donors (Lipinski definition) is 0. The van der Waals surface area contributed by atoms with E-state index in [2.05, 4.69) is 20.4 Å². The van der Waals surface area contributed by atoms with Crippen molar-refractivity contribution in [2.75, 3.05) is 0 Å². The van der Waals surface area contributed by atoms with Crippen molar-refractivity contribution in [1.82, 2.24) is 0 Å². The summed E-state index contributed by atoms with van der Waals surface area (Å²) in [5.41, 5.74) is 0. The highest BCUT2D eigenvalue weighted by Gasteiger charge is 2.16.